The highest BCUT2D eigenvalue weighted by Gasteiger charge is 2.00. The fourth-order valence-corrected chi connectivity index (χ4v) is 4.20. The number of thiocarbonyl (C=S) groups is 1. The molecule has 0 saturated carbocycles. The molecule has 3 aromatic rings. The Morgan fingerprint density at radius 1 is 0.926 bits per heavy atom. The topological polar surface area (TPSA) is 37.2 Å². The van der Waals surface area contributed by atoms with E-state index in [1.165, 1.54) is 10.5 Å². The Morgan fingerprint density at radius 2 is 1.74 bits per heavy atom. The van der Waals surface area contributed by atoms with Gasteiger partial charge in [-0.1, -0.05) is 30.3 Å². The fraction of sp³-hybridized carbons (Fsp3) is 0.190. The van der Waals surface area contributed by atoms with Gasteiger partial charge in [0.15, 0.2) is 5.11 Å². The zero-order valence-corrected chi connectivity index (χ0v) is 17.3. The summed E-state index contributed by atoms with van der Waals surface area (Å²) in [4.78, 5) is 1.29. The summed E-state index contributed by atoms with van der Waals surface area (Å²) in [6.07, 6.45) is 1.71. The van der Waals surface area contributed by atoms with Crippen LogP contribution < -0.4 is 10.6 Å². The van der Waals surface area contributed by atoms with Crippen LogP contribution in [0.2, 0.25) is 0 Å². The number of hydrogen-bond acceptors (Lipinski definition) is 4. The maximum atomic E-state index is 5.36. The summed E-state index contributed by atoms with van der Waals surface area (Å²) in [7, 11) is 0. The molecule has 0 amide bonds. The quantitative estimate of drug-likeness (QED) is 0.262. The largest absolute Gasteiger partial charge is 0.468 e. The van der Waals surface area contributed by atoms with Crippen molar-refractivity contribution in [3.05, 3.63) is 84.3 Å². The standard InChI is InChI=1S/C21H22N2OS3/c25-21(22-12-14-26-16-19-5-4-13-24-19)23-18-10-8-17(9-11-18)15-27-20-6-2-1-3-7-20/h1-11,13H,12,14-16H2,(H2,22,23,25). The average molecular weight is 415 g/mol. The summed E-state index contributed by atoms with van der Waals surface area (Å²) in [6.45, 7) is 0.822. The van der Waals surface area contributed by atoms with Gasteiger partial charge < -0.3 is 15.1 Å². The van der Waals surface area contributed by atoms with E-state index in [0.29, 0.717) is 5.11 Å². The molecule has 2 aromatic carbocycles. The molecule has 1 aromatic heterocycles. The van der Waals surface area contributed by atoms with E-state index in [0.717, 1.165) is 35.3 Å². The van der Waals surface area contributed by atoms with Crippen LogP contribution in [0.1, 0.15) is 11.3 Å². The van der Waals surface area contributed by atoms with Crippen LogP contribution in [0.4, 0.5) is 5.69 Å². The highest BCUT2D eigenvalue weighted by Crippen LogP contribution is 2.23. The van der Waals surface area contributed by atoms with Gasteiger partial charge in [-0.05, 0) is 54.2 Å². The second-order valence-electron chi connectivity index (χ2n) is 5.81. The molecule has 0 unspecified atom stereocenters. The smallest absolute Gasteiger partial charge is 0.170 e. The first-order chi connectivity index (χ1) is 13.3. The van der Waals surface area contributed by atoms with E-state index < -0.39 is 0 Å². The molecule has 27 heavy (non-hydrogen) atoms. The second kappa shape index (κ2) is 11.1. The van der Waals surface area contributed by atoms with Crippen LogP contribution in [0, 0.1) is 0 Å². The van der Waals surface area contributed by atoms with Crippen molar-refractivity contribution in [2.24, 2.45) is 0 Å². The zero-order chi connectivity index (χ0) is 18.7. The number of thioether (sulfide) groups is 2. The van der Waals surface area contributed by atoms with Crippen LogP contribution >= 0.6 is 35.7 Å². The highest BCUT2D eigenvalue weighted by molar-refractivity contribution is 7.98. The molecule has 0 aliphatic rings. The molecule has 0 aliphatic carbocycles. The summed E-state index contributed by atoms with van der Waals surface area (Å²) >= 11 is 9.02. The second-order valence-corrected chi connectivity index (χ2v) is 8.37. The lowest BCUT2D eigenvalue weighted by atomic mass is 10.2. The van der Waals surface area contributed by atoms with E-state index in [9.17, 15) is 0 Å². The zero-order valence-electron chi connectivity index (χ0n) is 14.9. The molecule has 140 valence electrons. The van der Waals surface area contributed by atoms with Crippen LogP contribution in [0.25, 0.3) is 0 Å². The Morgan fingerprint density at radius 3 is 2.48 bits per heavy atom. The average Bonchev–Trinajstić information content (AvgIpc) is 3.21. The number of hydrogen-bond donors (Lipinski definition) is 2. The van der Waals surface area contributed by atoms with Crippen molar-refractivity contribution in [1.29, 1.82) is 0 Å². The van der Waals surface area contributed by atoms with Crippen molar-refractivity contribution in [2.75, 3.05) is 17.6 Å². The van der Waals surface area contributed by atoms with Gasteiger partial charge in [-0.2, -0.15) is 11.8 Å². The Labute approximate surface area is 174 Å². The number of benzene rings is 2. The molecule has 2 N–H and O–H groups in total. The van der Waals surface area contributed by atoms with Crippen LogP contribution in [0.5, 0.6) is 0 Å². The van der Waals surface area contributed by atoms with Gasteiger partial charge in [-0.3, -0.25) is 0 Å². The van der Waals surface area contributed by atoms with E-state index >= 15 is 0 Å². The minimum Gasteiger partial charge on any atom is -0.468 e. The third kappa shape index (κ3) is 7.33. The van der Waals surface area contributed by atoms with Crippen LogP contribution in [-0.4, -0.2) is 17.4 Å². The number of furan rings is 1. The Kier molecular flexibility index (Phi) is 8.14. The van der Waals surface area contributed by atoms with E-state index in [1.807, 2.05) is 41.7 Å². The Hall–Kier alpha value is -1.89. The maximum absolute atomic E-state index is 5.36. The van der Waals surface area contributed by atoms with Gasteiger partial charge in [0.1, 0.15) is 5.76 Å². The normalized spacial score (nSPS) is 10.5. The predicted octanol–water partition coefficient (Wildman–Crippen LogP) is 5.79. The minimum absolute atomic E-state index is 0.653. The number of nitrogens with one attached hydrogen (secondary N) is 2. The van der Waals surface area contributed by atoms with Gasteiger partial charge in [0.05, 0.1) is 12.0 Å². The molecule has 3 rings (SSSR count). The maximum Gasteiger partial charge on any atom is 0.170 e. The Balaban J connectivity index is 1.33. The van der Waals surface area contributed by atoms with Crippen molar-refractivity contribution < 1.29 is 4.42 Å². The third-order valence-corrected chi connectivity index (χ3v) is 6.03. The van der Waals surface area contributed by atoms with Crippen LogP contribution in [0.3, 0.4) is 0 Å². The molecule has 0 radical (unpaired) electrons. The molecule has 0 bridgehead atoms. The van der Waals surface area contributed by atoms with E-state index in [2.05, 4.69) is 59.2 Å². The van der Waals surface area contributed by atoms with Crippen molar-refractivity contribution in [2.45, 2.75) is 16.4 Å². The van der Waals surface area contributed by atoms with Crippen molar-refractivity contribution in [3.63, 3.8) is 0 Å². The van der Waals surface area contributed by atoms with Gasteiger partial charge in [-0.15, -0.1) is 11.8 Å². The van der Waals surface area contributed by atoms with Gasteiger partial charge in [0.2, 0.25) is 0 Å². The molecule has 0 aliphatic heterocycles. The van der Waals surface area contributed by atoms with Crippen molar-refractivity contribution >= 4 is 46.5 Å². The lowest BCUT2D eigenvalue weighted by Gasteiger charge is -2.11. The van der Waals surface area contributed by atoms with Gasteiger partial charge >= 0.3 is 0 Å². The molecule has 0 spiro atoms. The van der Waals surface area contributed by atoms with Crippen LogP contribution in [0.15, 0.2) is 82.3 Å². The summed E-state index contributed by atoms with van der Waals surface area (Å²) in [5.74, 6) is 3.82. The van der Waals surface area contributed by atoms with Gasteiger partial charge in [0, 0.05) is 28.6 Å². The first-order valence-corrected chi connectivity index (χ1v) is 11.3. The molecular weight excluding hydrogens is 392 g/mol. The molecule has 0 saturated heterocycles. The van der Waals surface area contributed by atoms with Crippen LogP contribution in [-0.2, 0) is 11.5 Å². The SMILES string of the molecule is S=C(NCCSCc1ccco1)Nc1ccc(CSc2ccccc2)cc1. The van der Waals surface area contributed by atoms with E-state index in [1.54, 1.807) is 6.26 Å². The van der Waals surface area contributed by atoms with Gasteiger partial charge in [0.25, 0.3) is 0 Å². The number of anilines is 1. The third-order valence-electron chi connectivity index (χ3n) is 3.72. The molecular formula is C21H22N2OS3. The molecule has 1 heterocycles. The summed E-state index contributed by atoms with van der Waals surface area (Å²) in [5, 5.41) is 7.12. The van der Waals surface area contributed by atoms with Gasteiger partial charge in [-0.25, -0.2) is 0 Å². The molecule has 6 heteroatoms. The summed E-state index contributed by atoms with van der Waals surface area (Å²) in [5.41, 5.74) is 2.30. The molecule has 3 nitrogen and oxygen atoms in total. The lowest BCUT2D eigenvalue weighted by Crippen LogP contribution is -2.30. The first-order valence-electron chi connectivity index (χ1n) is 8.71. The highest BCUT2D eigenvalue weighted by atomic mass is 32.2. The fourth-order valence-electron chi connectivity index (χ4n) is 2.35. The molecule has 0 fully saturated rings. The van der Waals surface area contributed by atoms with E-state index in [-0.39, 0.29) is 0 Å². The van der Waals surface area contributed by atoms with Crippen molar-refractivity contribution in [1.82, 2.24) is 5.32 Å². The first kappa shape index (κ1) is 19.9. The lowest BCUT2D eigenvalue weighted by molar-refractivity contribution is 0.530. The summed E-state index contributed by atoms with van der Waals surface area (Å²) in [6, 6.07) is 22.8. The monoisotopic (exact) mass is 414 g/mol. The number of rotatable bonds is 9. The minimum atomic E-state index is 0.653. The molecule has 0 atom stereocenters. The van der Waals surface area contributed by atoms with Crippen molar-refractivity contribution in [3.8, 4) is 0 Å². The van der Waals surface area contributed by atoms with E-state index in [4.69, 9.17) is 16.6 Å². The Bertz CT molecular complexity index is 805. The summed E-state index contributed by atoms with van der Waals surface area (Å²) < 4.78 is 5.31. The predicted molar refractivity (Wildman–Crippen MR) is 122 cm³/mol.